The number of nitro benzene ring substituents is 1. The SMILES string of the molecule is CC(=NNc1ccc(C(F)(F)F)cc1[N+](=O)[O-])c1ccc(S(=O)(=O)NCc2ccco2)cc1. The second kappa shape index (κ2) is 9.42. The molecule has 0 atom stereocenters. The standard InChI is InChI=1S/C20H17F3N4O5S/c1-13(25-26-18-9-6-15(20(21,22)23)11-19(18)27(28)29)14-4-7-17(8-5-14)33(30,31)24-12-16-3-2-10-32-16/h2-11,24,26H,12H2,1H3. The zero-order valence-corrected chi connectivity index (χ0v) is 17.8. The third kappa shape index (κ3) is 5.96. The normalized spacial score (nSPS) is 12.5. The molecule has 0 aliphatic carbocycles. The van der Waals surface area contributed by atoms with Crippen LogP contribution in [0.3, 0.4) is 0 Å². The number of nitro groups is 1. The van der Waals surface area contributed by atoms with Crippen molar-refractivity contribution >= 4 is 27.1 Å². The first kappa shape index (κ1) is 23.9. The molecule has 1 heterocycles. The number of hydrazone groups is 1. The Labute approximate surface area is 186 Å². The molecule has 0 saturated heterocycles. The largest absolute Gasteiger partial charge is 0.468 e. The summed E-state index contributed by atoms with van der Waals surface area (Å²) < 4.78 is 70.7. The minimum atomic E-state index is -4.72. The monoisotopic (exact) mass is 482 g/mol. The highest BCUT2D eigenvalue weighted by atomic mass is 32.2. The van der Waals surface area contributed by atoms with Crippen LogP contribution in [0.5, 0.6) is 0 Å². The molecular formula is C20H17F3N4O5S. The fourth-order valence-corrected chi connectivity index (χ4v) is 3.69. The molecule has 0 aliphatic heterocycles. The summed E-state index contributed by atoms with van der Waals surface area (Å²) in [7, 11) is -3.80. The van der Waals surface area contributed by atoms with E-state index in [1.165, 1.54) is 30.5 Å². The molecule has 33 heavy (non-hydrogen) atoms. The maximum Gasteiger partial charge on any atom is 0.416 e. The van der Waals surface area contributed by atoms with Crippen LogP contribution in [0.4, 0.5) is 24.5 Å². The van der Waals surface area contributed by atoms with Crippen molar-refractivity contribution in [1.29, 1.82) is 0 Å². The molecule has 0 unspecified atom stereocenters. The second-order valence-electron chi connectivity index (χ2n) is 6.72. The Morgan fingerprint density at radius 3 is 2.42 bits per heavy atom. The third-order valence-corrected chi connectivity index (χ3v) is 5.88. The number of benzene rings is 2. The first-order valence-electron chi connectivity index (χ1n) is 9.26. The summed E-state index contributed by atoms with van der Waals surface area (Å²) in [5.41, 5.74) is 1.03. The predicted molar refractivity (Wildman–Crippen MR) is 113 cm³/mol. The summed E-state index contributed by atoms with van der Waals surface area (Å²) in [6.07, 6.45) is -3.30. The highest BCUT2D eigenvalue weighted by Crippen LogP contribution is 2.35. The quantitative estimate of drug-likeness (QED) is 0.276. The van der Waals surface area contributed by atoms with Crippen molar-refractivity contribution in [1.82, 2.24) is 4.72 Å². The lowest BCUT2D eigenvalue weighted by atomic mass is 10.1. The van der Waals surface area contributed by atoms with E-state index in [9.17, 15) is 31.7 Å². The van der Waals surface area contributed by atoms with Crippen molar-refractivity contribution in [3.8, 4) is 0 Å². The predicted octanol–water partition coefficient (Wildman–Crippen LogP) is 4.52. The third-order valence-electron chi connectivity index (χ3n) is 4.46. The lowest BCUT2D eigenvalue weighted by Gasteiger charge is -2.09. The number of hydrogen-bond donors (Lipinski definition) is 2. The van der Waals surface area contributed by atoms with Gasteiger partial charge in [0.25, 0.3) is 5.69 Å². The second-order valence-corrected chi connectivity index (χ2v) is 8.49. The fraction of sp³-hybridized carbons (Fsp3) is 0.150. The van der Waals surface area contributed by atoms with E-state index in [4.69, 9.17) is 4.42 Å². The minimum Gasteiger partial charge on any atom is -0.468 e. The van der Waals surface area contributed by atoms with Crippen molar-refractivity contribution in [3.05, 3.63) is 87.9 Å². The van der Waals surface area contributed by atoms with Crippen LogP contribution in [0.2, 0.25) is 0 Å². The molecule has 2 N–H and O–H groups in total. The number of anilines is 1. The van der Waals surface area contributed by atoms with E-state index in [-0.39, 0.29) is 17.1 Å². The van der Waals surface area contributed by atoms with Gasteiger partial charge < -0.3 is 4.42 Å². The van der Waals surface area contributed by atoms with Gasteiger partial charge in [-0.05, 0) is 48.9 Å². The summed E-state index contributed by atoms with van der Waals surface area (Å²) in [5, 5.41) is 15.1. The molecule has 0 fully saturated rings. The Morgan fingerprint density at radius 1 is 1.15 bits per heavy atom. The Kier molecular flexibility index (Phi) is 6.84. The molecular weight excluding hydrogens is 465 g/mol. The molecule has 13 heteroatoms. The summed E-state index contributed by atoms with van der Waals surface area (Å²) in [4.78, 5) is 10.2. The molecule has 0 radical (unpaired) electrons. The van der Waals surface area contributed by atoms with Gasteiger partial charge in [0.05, 0.1) is 33.9 Å². The maximum atomic E-state index is 12.8. The van der Waals surface area contributed by atoms with Crippen LogP contribution in [0.1, 0.15) is 23.8 Å². The molecule has 9 nitrogen and oxygen atoms in total. The van der Waals surface area contributed by atoms with Gasteiger partial charge in [-0.15, -0.1) is 0 Å². The molecule has 3 rings (SSSR count). The average molecular weight is 482 g/mol. The first-order valence-corrected chi connectivity index (χ1v) is 10.7. The lowest BCUT2D eigenvalue weighted by Crippen LogP contribution is -2.23. The number of nitrogens with one attached hydrogen (secondary N) is 2. The number of nitrogens with zero attached hydrogens (tertiary/aromatic N) is 2. The van der Waals surface area contributed by atoms with E-state index in [2.05, 4.69) is 15.2 Å². The fourth-order valence-electron chi connectivity index (χ4n) is 2.70. The molecule has 0 spiro atoms. The zero-order chi connectivity index (χ0) is 24.2. The van der Waals surface area contributed by atoms with Crippen molar-refractivity contribution in [3.63, 3.8) is 0 Å². The van der Waals surface area contributed by atoms with E-state index >= 15 is 0 Å². The summed E-state index contributed by atoms with van der Waals surface area (Å²) in [6, 6.07) is 10.9. The smallest absolute Gasteiger partial charge is 0.416 e. The number of sulfonamides is 1. The van der Waals surface area contributed by atoms with Crippen LogP contribution in [-0.2, 0) is 22.7 Å². The van der Waals surface area contributed by atoms with Gasteiger partial charge in [0, 0.05) is 6.07 Å². The van der Waals surface area contributed by atoms with E-state index in [1.807, 2.05) is 0 Å². The Balaban J connectivity index is 1.74. The highest BCUT2D eigenvalue weighted by Gasteiger charge is 2.33. The summed E-state index contributed by atoms with van der Waals surface area (Å²) in [5.74, 6) is 0.446. The van der Waals surface area contributed by atoms with E-state index < -0.39 is 32.4 Å². The lowest BCUT2D eigenvalue weighted by molar-refractivity contribution is -0.384. The van der Waals surface area contributed by atoms with E-state index in [1.54, 1.807) is 19.1 Å². The van der Waals surface area contributed by atoms with E-state index in [0.717, 1.165) is 6.07 Å². The Bertz CT molecular complexity index is 1270. The van der Waals surface area contributed by atoms with Gasteiger partial charge in [0.2, 0.25) is 10.0 Å². The van der Waals surface area contributed by atoms with Crippen molar-refractivity contribution < 1.29 is 30.9 Å². The molecule has 0 amide bonds. The molecule has 1 aromatic heterocycles. The van der Waals surface area contributed by atoms with Crippen LogP contribution in [-0.4, -0.2) is 19.1 Å². The van der Waals surface area contributed by atoms with Crippen molar-refractivity contribution in [2.75, 3.05) is 5.43 Å². The van der Waals surface area contributed by atoms with Crippen molar-refractivity contribution in [2.24, 2.45) is 5.10 Å². The van der Waals surface area contributed by atoms with Crippen LogP contribution in [0, 0.1) is 10.1 Å². The van der Waals surface area contributed by atoms with Gasteiger partial charge in [0.15, 0.2) is 0 Å². The van der Waals surface area contributed by atoms with Crippen LogP contribution in [0.15, 0.2) is 75.3 Å². The Hall–Kier alpha value is -3.71. The van der Waals surface area contributed by atoms with Crippen LogP contribution in [0.25, 0.3) is 0 Å². The maximum absolute atomic E-state index is 12.8. The molecule has 3 aromatic rings. The number of hydrogen-bond acceptors (Lipinski definition) is 7. The molecule has 2 aromatic carbocycles. The molecule has 0 saturated carbocycles. The van der Waals surface area contributed by atoms with Crippen LogP contribution >= 0.6 is 0 Å². The number of halogens is 3. The molecule has 0 aliphatic rings. The number of alkyl halides is 3. The van der Waals surface area contributed by atoms with E-state index in [0.29, 0.717) is 29.2 Å². The number of rotatable bonds is 8. The van der Waals surface area contributed by atoms with Gasteiger partial charge in [-0.1, -0.05) is 12.1 Å². The Morgan fingerprint density at radius 2 is 1.85 bits per heavy atom. The van der Waals surface area contributed by atoms with Crippen LogP contribution < -0.4 is 10.1 Å². The minimum absolute atomic E-state index is 0.00283. The average Bonchev–Trinajstić information content (AvgIpc) is 3.29. The highest BCUT2D eigenvalue weighted by molar-refractivity contribution is 7.89. The van der Waals surface area contributed by atoms with Gasteiger partial charge in [0.1, 0.15) is 11.4 Å². The van der Waals surface area contributed by atoms with Gasteiger partial charge in [-0.25, -0.2) is 13.1 Å². The molecule has 174 valence electrons. The van der Waals surface area contributed by atoms with Gasteiger partial charge in [-0.2, -0.15) is 18.3 Å². The molecule has 0 bridgehead atoms. The van der Waals surface area contributed by atoms with Gasteiger partial charge >= 0.3 is 6.18 Å². The first-order chi connectivity index (χ1) is 15.5. The number of furan rings is 1. The topological polar surface area (TPSA) is 127 Å². The van der Waals surface area contributed by atoms with Gasteiger partial charge in [-0.3, -0.25) is 15.5 Å². The summed E-state index contributed by atoms with van der Waals surface area (Å²) in [6.45, 7) is 1.52. The zero-order valence-electron chi connectivity index (χ0n) is 17.0. The summed E-state index contributed by atoms with van der Waals surface area (Å²) >= 11 is 0. The van der Waals surface area contributed by atoms with Crippen molar-refractivity contribution in [2.45, 2.75) is 24.5 Å².